The van der Waals surface area contributed by atoms with Crippen LogP contribution in [0.1, 0.15) is 31.9 Å². The molecule has 0 bridgehead atoms. The lowest BCUT2D eigenvalue weighted by Crippen LogP contribution is -2.38. The van der Waals surface area contributed by atoms with Gasteiger partial charge in [0.1, 0.15) is 0 Å². The Morgan fingerprint density at radius 1 is 1.26 bits per heavy atom. The monoisotopic (exact) mass is 263 g/mol. The molecule has 0 fully saturated rings. The molecule has 106 valence electrons. The van der Waals surface area contributed by atoms with Crippen molar-refractivity contribution < 1.29 is 4.79 Å². The van der Waals surface area contributed by atoms with Crippen LogP contribution in [0.2, 0.25) is 0 Å². The molecule has 3 N–H and O–H groups in total. The highest BCUT2D eigenvalue weighted by Crippen LogP contribution is 2.12. The second-order valence-corrected chi connectivity index (χ2v) is 5.28. The van der Waals surface area contributed by atoms with E-state index in [1.54, 1.807) is 6.92 Å². The molecule has 1 rings (SSSR count). The van der Waals surface area contributed by atoms with E-state index in [9.17, 15) is 4.79 Å². The molecule has 1 aromatic rings. The number of nitrogens with zero attached hydrogens (tertiary/aromatic N) is 1. The van der Waals surface area contributed by atoms with Gasteiger partial charge in [-0.15, -0.1) is 0 Å². The first-order valence-corrected chi connectivity index (χ1v) is 6.72. The summed E-state index contributed by atoms with van der Waals surface area (Å²) in [6, 6.07) is 8.20. The summed E-state index contributed by atoms with van der Waals surface area (Å²) in [6.07, 6.45) is 0. The first-order chi connectivity index (χ1) is 8.91. The third-order valence-corrected chi connectivity index (χ3v) is 3.29. The lowest BCUT2D eigenvalue weighted by atomic mass is 10.1. The van der Waals surface area contributed by atoms with Gasteiger partial charge in [0.15, 0.2) is 0 Å². The molecular formula is C15H25N3O. The van der Waals surface area contributed by atoms with Gasteiger partial charge in [-0.25, -0.2) is 0 Å². The minimum absolute atomic E-state index is 0.119. The van der Waals surface area contributed by atoms with Crippen molar-refractivity contribution in [2.75, 3.05) is 7.05 Å². The highest BCUT2D eigenvalue weighted by molar-refractivity contribution is 5.80. The molecule has 0 aromatic heterocycles. The SMILES string of the molecule is CC(C)N(C)Cc1ccccc1CNC(=O)[C@@H](C)N. The number of carbonyl (C=O) groups excluding carboxylic acids is 1. The number of hydrogen-bond acceptors (Lipinski definition) is 3. The van der Waals surface area contributed by atoms with Gasteiger partial charge in [-0.05, 0) is 38.9 Å². The number of nitrogens with two attached hydrogens (primary N) is 1. The van der Waals surface area contributed by atoms with E-state index >= 15 is 0 Å². The number of carbonyl (C=O) groups is 1. The zero-order valence-corrected chi connectivity index (χ0v) is 12.3. The van der Waals surface area contributed by atoms with Gasteiger partial charge in [0.05, 0.1) is 6.04 Å². The fourth-order valence-corrected chi connectivity index (χ4v) is 1.68. The van der Waals surface area contributed by atoms with Gasteiger partial charge < -0.3 is 11.1 Å². The standard InChI is InChI=1S/C15H25N3O/c1-11(2)18(4)10-14-8-6-5-7-13(14)9-17-15(19)12(3)16/h5-8,11-12H,9-10,16H2,1-4H3,(H,17,19)/t12-/m1/s1. The maximum atomic E-state index is 11.5. The molecule has 0 unspecified atom stereocenters. The maximum absolute atomic E-state index is 11.5. The van der Waals surface area contributed by atoms with E-state index < -0.39 is 6.04 Å². The molecule has 0 aliphatic heterocycles. The third kappa shape index (κ3) is 5.01. The van der Waals surface area contributed by atoms with Gasteiger partial charge >= 0.3 is 0 Å². The average molecular weight is 263 g/mol. The van der Waals surface area contributed by atoms with Gasteiger partial charge in [-0.1, -0.05) is 24.3 Å². The van der Waals surface area contributed by atoms with Gasteiger partial charge in [-0.2, -0.15) is 0 Å². The van der Waals surface area contributed by atoms with Crippen LogP contribution in [-0.4, -0.2) is 29.9 Å². The highest BCUT2D eigenvalue weighted by atomic mass is 16.2. The van der Waals surface area contributed by atoms with Crippen LogP contribution in [-0.2, 0) is 17.9 Å². The van der Waals surface area contributed by atoms with Crippen LogP contribution < -0.4 is 11.1 Å². The van der Waals surface area contributed by atoms with E-state index in [0.717, 1.165) is 12.1 Å². The second kappa shape index (κ2) is 7.26. The number of benzene rings is 1. The van der Waals surface area contributed by atoms with Gasteiger partial charge in [0, 0.05) is 19.1 Å². The molecule has 0 radical (unpaired) electrons. The summed E-state index contributed by atoms with van der Waals surface area (Å²) in [5, 5.41) is 2.86. The van der Waals surface area contributed by atoms with Crippen molar-refractivity contribution in [3.8, 4) is 0 Å². The number of hydrogen-bond donors (Lipinski definition) is 2. The minimum Gasteiger partial charge on any atom is -0.351 e. The van der Waals surface area contributed by atoms with Crippen molar-refractivity contribution in [3.63, 3.8) is 0 Å². The zero-order valence-electron chi connectivity index (χ0n) is 12.3. The Labute approximate surface area is 116 Å². The lowest BCUT2D eigenvalue weighted by Gasteiger charge is -2.22. The molecule has 19 heavy (non-hydrogen) atoms. The van der Waals surface area contributed by atoms with Crippen molar-refractivity contribution in [1.29, 1.82) is 0 Å². The van der Waals surface area contributed by atoms with Crippen LogP contribution >= 0.6 is 0 Å². The van der Waals surface area contributed by atoms with Gasteiger partial charge in [-0.3, -0.25) is 9.69 Å². The van der Waals surface area contributed by atoms with Gasteiger partial charge in [0.25, 0.3) is 0 Å². The Hall–Kier alpha value is -1.39. The molecule has 0 heterocycles. The first-order valence-electron chi connectivity index (χ1n) is 6.72. The number of nitrogens with one attached hydrogen (secondary N) is 1. The van der Waals surface area contributed by atoms with Crippen LogP contribution in [0, 0.1) is 0 Å². The molecule has 0 aliphatic rings. The van der Waals surface area contributed by atoms with Crippen molar-refractivity contribution in [3.05, 3.63) is 35.4 Å². The van der Waals surface area contributed by atoms with Crippen LogP contribution in [0.15, 0.2) is 24.3 Å². The predicted molar refractivity (Wildman–Crippen MR) is 78.5 cm³/mol. The van der Waals surface area contributed by atoms with Crippen LogP contribution in [0.5, 0.6) is 0 Å². The van der Waals surface area contributed by atoms with Crippen molar-refractivity contribution in [1.82, 2.24) is 10.2 Å². The zero-order chi connectivity index (χ0) is 14.4. The van der Waals surface area contributed by atoms with Crippen molar-refractivity contribution >= 4 is 5.91 Å². The average Bonchev–Trinajstić information content (AvgIpc) is 2.36. The molecule has 1 aromatic carbocycles. The van der Waals surface area contributed by atoms with E-state index in [-0.39, 0.29) is 5.91 Å². The Kier molecular flexibility index (Phi) is 5.99. The van der Waals surface area contributed by atoms with E-state index in [1.165, 1.54) is 5.56 Å². The normalized spacial score (nSPS) is 12.8. The first kappa shape index (κ1) is 15.7. The fraction of sp³-hybridized carbons (Fsp3) is 0.533. The highest BCUT2D eigenvalue weighted by Gasteiger charge is 2.10. The number of rotatable bonds is 6. The molecule has 0 spiro atoms. The Balaban J connectivity index is 2.70. The Morgan fingerprint density at radius 3 is 2.37 bits per heavy atom. The second-order valence-electron chi connectivity index (χ2n) is 5.28. The van der Waals surface area contributed by atoms with Gasteiger partial charge in [0.2, 0.25) is 5.91 Å². The molecule has 4 nitrogen and oxygen atoms in total. The number of amides is 1. The topological polar surface area (TPSA) is 58.4 Å². The summed E-state index contributed by atoms with van der Waals surface area (Å²) in [5.74, 6) is -0.119. The van der Waals surface area contributed by atoms with E-state index in [0.29, 0.717) is 12.6 Å². The van der Waals surface area contributed by atoms with Crippen molar-refractivity contribution in [2.24, 2.45) is 5.73 Å². The largest absolute Gasteiger partial charge is 0.351 e. The quantitative estimate of drug-likeness (QED) is 0.817. The summed E-state index contributed by atoms with van der Waals surface area (Å²) in [4.78, 5) is 13.8. The molecule has 1 amide bonds. The summed E-state index contributed by atoms with van der Waals surface area (Å²) in [6.45, 7) is 7.43. The predicted octanol–water partition coefficient (Wildman–Crippen LogP) is 1.49. The fourth-order valence-electron chi connectivity index (χ4n) is 1.68. The van der Waals surface area contributed by atoms with Crippen LogP contribution in [0.25, 0.3) is 0 Å². The van der Waals surface area contributed by atoms with E-state index in [2.05, 4.69) is 37.2 Å². The smallest absolute Gasteiger partial charge is 0.236 e. The summed E-state index contributed by atoms with van der Waals surface area (Å²) in [7, 11) is 2.10. The molecule has 1 atom stereocenters. The van der Waals surface area contributed by atoms with Crippen LogP contribution in [0.3, 0.4) is 0 Å². The maximum Gasteiger partial charge on any atom is 0.236 e. The van der Waals surface area contributed by atoms with E-state index in [4.69, 9.17) is 5.73 Å². The summed E-state index contributed by atoms with van der Waals surface area (Å²) in [5.41, 5.74) is 7.92. The Morgan fingerprint density at radius 2 is 1.84 bits per heavy atom. The molecule has 0 saturated carbocycles. The van der Waals surface area contributed by atoms with E-state index in [1.807, 2.05) is 18.2 Å². The summed E-state index contributed by atoms with van der Waals surface area (Å²) < 4.78 is 0. The Bertz CT molecular complexity index is 416. The lowest BCUT2D eigenvalue weighted by molar-refractivity contribution is -0.122. The van der Waals surface area contributed by atoms with Crippen LogP contribution in [0.4, 0.5) is 0 Å². The third-order valence-electron chi connectivity index (χ3n) is 3.29. The summed E-state index contributed by atoms with van der Waals surface area (Å²) >= 11 is 0. The minimum atomic E-state index is -0.467. The molecule has 0 aliphatic carbocycles. The van der Waals surface area contributed by atoms with Crippen molar-refractivity contribution in [2.45, 2.75) is 45.9 Å². The molecule has 0 saturated heterocycles. The molecular weight excluding hydrogens is 238 g/mol. The molecule has 4 heteroatoms.